The predicted octanol–water partition coefficient (Wildman–Crippen LogP) is 2.75. The highest BCUT2D eigenvalue weighted by molar-refractivity contribution is 5.77. The molecular formula is C13H16N2O. The van der Waals surface area contributed by atoms with Crippen LogP contribution in [0.4, 0.5) is 0 Å². The van der Waals surface area contributed by atoms with Crippen molar-refractivity contribution in [2.24, 2.45) is 0 Å². The Bertz CT molecular complexity index is 547. The van der Waals surface area contributed by atoms with E-state index >= 15 is 0 Å². The van der Waals surface area contributed by atoms with Gasteiger partial charge in [-0.1, -0.05) is 20.8 Å². The molecule has 0 aliphatic heterocycles. The quantitative estimate of drug-likeness (QED) is 0.687. The molecule has 2 rings (SSSR count). The van der Waals surface area contributed by atoms with E-state index in [1.807, 2.05) is 29.7 Å². The SMILES string of the molecule is Cc1ccn2c(C=O)c(C(C)(C)C)nc2c1. The van der Waals surface area contributed by atoms with Crippen molar-refractivity contribution in [1.29, 1.82) is 0 Å². The number of carbonyl (C=O) groups excluding carboxylic acids is 1. The zero-order chi connectivity index (χ0) is 11.9. The summed E-state index contributed by atoms with van der Waals surface area (Å²) >= 11 is 0. The number of rotatable bonds is 1. The minimum absolute atomic E-state index is 0.115. The number of aryl methyl sites for hydroxylation is 1. The summed E-state index contributed by atoms with van der Waals surface area (Å²) in [6.07, 6.45) is 2.78. The Hall–Kier alpha value is -1.64. The maximum absolute atomic E-state index is 11.2. The van der Waals surface area contributed by atoms with Crippen molar-refractivity contribution >= 4 is 11.9 Å². The molecule has 0 aromatic carbocycles. The van der Waals surface area contributed by atoms with Crippen molar-refractivity contribution in [3.05, 3.63) is 35.3 Å². The molecule has 0 radical (unpaired) electrons. The molecular weight excluding hydrogens is 200 g/mol. The van der Waals surface area contributed by atoms with Crippen molar-refractivity contribution in [3.8, 4) is 0 Å². The largest absolute Gasteiger partial charge is 0.297 e. The van der Waals surface area contributed by atoms with Gasteiger partial charge in [-0.3, -0.25) is 9.20 Å². The Labute approximate surface area is 95.1 Å². The number of fused-ring (bicyclic) bond motifs is 1. The molecule has 0 unspecified atom stereocenters. The molecule has 2 aromatic heterocycles. The number of imidazole rings is 1. The number of nitrogens with zero attached hydrogens (tertiary/aromatic N) is 2. The van der Waals surface area contributed by atoms with E-state index in [0.717, 1.165) is 23.2 Å². The Balaban J connectivity index is 2.81. The molecule has 2 aromatic rings. The smallest absolute Gasteiger partial charge is 0.168 e. The molecule has 84 valence electrons. The first-order chi connectivity index (χ1) is 7.43. The van der Waals surface area contributed by atoms with Gasteiger partial charge < -0.3 is 0 Å². The van der Waals surface area contributed by atoms with E-state index in [4.69, 9.17) is 0 Å². The Morgan fingerprint density at radius 2 is 2.06 bits per heavy atom. The fourth-order valence-corrected chi connectivity index (χ4v) is 1.83. The monoisotopic (exact) mass is 216 g/mol. The molecule has 0 saturated heterocycles. The fourth-order valence-electron chi connectivity index (χ4n) is 1.83. The molecule has 0 aliphatic carbocycles. The van der Waals surface area contributed by atoms with Gasteiger partial charge in [0.1, 0.15) is 11.3 Å². The summed E-state index contributed by atoms with van der Waals surface area (Å²) in [4.78, 5) is 15.7. The second kappa shape index (κ2) is 3.44. The second-order valence-electron chi connectivity index (χ2n) is 5.15. The number of carbonyl (C=O) groups is 1. The highest BCUT2D eigenvalue weighted by atomic mass is 16.1. The molecule has 16 heavy (non-hydrogen) atoms. The van der Waals surface area contributed by atoms with Gasteiger partial charge >= 0.3 is 0 Å². The summed E-state index contributed by atoms with van der Waals surface area (Å²) in [5, 5.41) is 0. The van der Waals surface area contributed by atoms with Crippen LogP contribution in [0.1, 0.15) is 42.5 Å². The van der Waals surface area contributed by atoms with Crippen LogP contribution in [0.3, 0.4) is 0 Å². The maximum atomic E-state index is 11.2. The number of aldehydes is 1. The normalized spacial score (nSPS) is 12.0. The van der Waals surface area contributed by atoms with Crippen molar-refractivity contribution in [1.82, 2.24) is 9.38 Å². The van der Waals surface area contributed by atoms with E-state index in [0.29, 0.717) is 5.69 Å². The minimum atomic E-state index is -0.115. The van der Waals surface area contributed by atoms with Crippen LogP contribution in [0.15, 0.2) is 18.3 Å². The summed E-state index contributed by atoms with van der Waals surface area (Å²) in [6, 6.07) is 3.97. The molecule has 0 amide bonds. The Kier molecular flexibility index (Phi) is 2.34. The molecule has 0 fully saturated rings. The Morgan fingerprint density at radius 1 is 1.38 bits per heavy atom. The minimum Gasteiger partial charge on any atom is -0.297 e. The van der Waals surface area contributed by atoms with Crippen LogP contribution in [0.2, 0.25) is 0 Å². The van der Waals surface area contributed by atoms with E-state index in [-0.39, 0.29) is 5.41 Å². The van der Waals surface area contributed by atoms with Gasteiger partial charge in [0, 0.05) is 11.6 Å². The van der Waals surface area contributed by atoms with Crippen molar-refractivity contribution < 1.29 is 4.79 Å². The standard InChI is InChI=1S/C13H16N2O/c1-9-5-6-15-10(8-16)12(13(2,3)4)14-11(15)7-9/h5-8H,1-4H3. The first kappa shape index (κ1) is 10.9. The molecule has 0 saturated carbocycles. The van der Waals surface area contributed by atoms with E-state index < -0.39 is 0 Å². The van der Waals surface area contributed by atoms with E-state index in [2.05, 4.69) is 25.8 Å². The lowest BCUT2D eigenvalue weighted by Crippen LogP contribution is -2.14. The predicted molar refractivity (Wildman–Crippen MR) is 64.0 cm³/mol. The van der Waals surface area contributed by atoms with Gasteiger partial charge in [-0.15, -0.1) is 0 Å². The van der Waals surface area contributed by atoms with Crippen LogP contribution in [0.25, 0.3) is 5.65 Å². The molecule has 2 heterocycles. The first-order valence-corrected chi connectivity index (χ1v) is 5.38. The first-order valence-electron chi connectivity index (χ1n) is 5.38. The maximum Gasteiger partial charge on any atom is 0.168 e. The third kappa shape index (κ3) is 1.62. The zero-order valence-electron chi connectivity index (χ0n) is 10.1. The van der Waals surface area contributed by atoms with E-state index in [9.17, 15) is 4.79 Å². The topological polar surface area (TPSA) is 34.4 Å². The lowest BCUT2D eigenvalue weighted by atomic mass is 9.91. The van der Waals surface area contributed by atoms with Gasteiger partial charge in [-0.05, 0) is 24.6 Å². The summed E-state index contributed by atoms with van der Waals surface area (Å²) < 4.78 is 1.85. The lowest BCUT2D eigenvalue weighted by molar-refractivity contribution is 0.111. The van der Waals surface area contributed by atoms with Gasteiger partial charge in [0.05, 0.1) is 5.69 Å². The molecule has 3 nitrogen and oxygen atoms in total. The Morgan fingerprint density at radius 3 is 2.62 bits per heavy atom. The zero-order valence-corrected chi connectivity index (χ0v) is 10.1. The number of hydrogen-bond acceptors (Lipinski definition) is 2. The van der Waals surface area contributed by atoms with Crippen LogP contribution in [0, 0.1) is 6.92 Å². The highest BCUT2D eigenvalue weighted by Gasteiger charge is 2.23. The van der Waals surface area contributed by atoms with Crippen molar-refractivity contribution in [2.45, 2.75) is 33.1 Å². The van der Waals surface area contributed by atoms with Gasteiger partial charge in [-0.2, -0.15) is 0 Å². The number of aromatic nitrogens is 2. The number of hydrogen-bond donors (Lipinski definition) is 0. The third-order valence-electron chi connectivity index (χ3n) is 2.64. The van der Waals surface area contributed by atoms with Crippen LogP contribution in [-0.2, 0) is 5.41 Å². The third-order valence-corrected chi connectivity index (χ3v) is 2.64. The molecule has 0 atom stereocenters. The van der Waals surface area contributed by atoms with Crippen LogP contribution >= 0.6 is 0 Å². The van der Waals surface area contributed by atoms with E-state index in [1.165, 1.54) is 0 Å². The van der Waals surface area contributed by atoms with Crippen molar-refractivity contribution in [3.63, 3.8) is 0 Å². The molecule has 0 spiro atoms. The van der Waals surface area contributed by atoms with Crippen LogP contribution < -0.4 is 0 Å². The van der Waals surface area contributed by atoms with Crippen molar-refractivity contribution in [2.75, 3.05) is 0 Å². The van der Waals surface area contributed by atoms with Gasteiger partial charge in [-0.25, -0.2) is 4.98 Å². The highest BCUT2D eigenvalue weighted by Crippen LogP contribution is 2.25. The lowest BCUT2D eigenvalue weighted by Gasteiger charge is -2.15. The number of pyridine rings is 1. The molecule has 0 aliphatic rings. The summed E-state index contributed by atoms with van der Waals surface area (Å²) in [5.74, 6) is 0. The fraction of sp³-hybridized carbons (Fsp3) is 0.385. The van der Waals surface area contributed by atoms with Crippen LogP contribution in [0.5, 0.6) is 0 Å². The molecule has 3 heteroatoms. The summed E-state index contributed by atoms with van der Waals surface area (Å²) in [7, 11) is 0. The van der Waals surface area contributed by atoms with Gasteiger partial charge in [0.2, 0.25) is 0 Å². The van der Waals surface area contributed by atoms with E-state index in [1.54, 1.807) is 0 Å². The molecule has 0 N–H and O–H groups in total. The average Bonchev–Trinajstić information content (AvgIpc) is 2.54. The average molecular weight is 216 g/mol. The second-order valence-corrected chi connectivity index (χ2v) is 5.15. The van der Waals surface area contributed by atoms with Gasteiger partial charge in [0.25, 0.3) is 0 Å². The van der Waals surface area contributed by atoms with Crippen LogP contribution in [-0.4, -0.2) is 15.7 Å². The van der Waals surface area contributed by atoms with Gasteiger partial charge in [0.15, 0.2) is 6.29 Å². The summed E-state index contributed by atoms with van der Waals surface area (Å²) in [6.45, 7) is 8.21. The summed E-state index contributed by atoms with van der Waals surface area (Å²) in [5.41, 5.74) is 3.38. The molecule has 0 bridgehead atoms.